The first-order valence-corrected chi connectivity index (χ1v) is 8.44. The van der Waals surface area contributed by atoms with Crippen molar-refractivity contribution >= 4 is 11.9 Å². The van der Waals surface area contributed by atoms with Crippen LogP contribution in [-0.4, -0.2) is 52.8 Å². The molecule has 1 aromatic carbocycles. The molecule has 1 amide bonds. The van der Waals surface area contributed by atoms with Crippen molar-refractivity contribution in [3.63, 3.8) is 0 Å². The van der Waals surface area contributed by atoms with E-state index in [1.54, 1.807) is 17.0 Å². The number of likely N-dealkylation sites (tertiary alicyclic amines) is 1. The van der Waals surface area contributed by atoms with Crippen molar-refractivity contribution in [2.24, 2.45) is 5.41 Å². The number of hydrogen-bond acceptors (Lipinski definition) is 4. The predicted molar refractivity (Wildman–Crippen MR) is 87.1 cm³/mol. The first-order chi connectivity index (χ1) is 11.5. The van der Waals surface area contributed by atoms with Crippen LogP contribution in [0, 0.1) is 5.41 Å². The first-order valence-electron chi connectivity index (χ1n) is 8.44. The van der Waals surface area contributed by atoms with Gasteiger partial charge in [-0.05, 0) is 36.6 Å². The van der Waals surface area contributed by atoms with Crippen molar-refractivity contribution in [3.8, 4) is 5.75 Å². The molecule has 130 valence electrons. The third-order valence-electron chi connectivity index (χ3n) is 5.13. The van der Waals surface area contributed by atoms with Crippen LogP contribution in [0.15, 0.2) is 18.2 Å². The van der Waals surface area contributed by atoms with Crippen LogP contribution in [-0.2, 0) is 11.2 Å². The van der Waals surface area contributed by atoms with Crippen molar-refractivity contribution in [2.75, 3.05) is 19.7 Å². The van der Waals surface area contributed by atoms with Gasteiger partial charge in [-0.2, -0.15) is 0 Å². The fourth-order valence-electron chi connectivity index (χ4n) is 3.76. The quantitative estimate of drug-likeness (QED) is 0.876. The Morgan fingerprint density at radius 1 is 1.42 bits per heavy atom. The lowest BCUT2D eigenvalue weighted by molar-refractivity contribution is -0.162. The average Bonchev–Trinajstić information content (AvgIpc) is 3.03. The van der Waals surface area contributed by atoms with Crippen LogP contribution in [0.25, 0.3) is 0 Å². The fraction of sp³-hybridized carbons (Fsp3) is 0.556. The van der Waals surface area contributed by atoms with Crippen molar-refractivity contribution in [3.05, 3.63) is 29.3 Å². The summed E-state index contributed by atoms with van der Waals surface area (Å²) < 4.78 is 5.45. The third-order valence-corrected chi connectivity index (χ3v) is 5.13. The van der Waals surface area contributed by atoms with Crippen LogP contribution in [0.3, 0.4) is 0 Å². The summed E-state index contributed by atoms with van der Waals surface area (Å²) in [4.78, 5) is 26.2. The van der Waals surface area contributed by atoms with Gasteiger partial charge in [0, 0.05) is 25.1 Å². The summed E-state index contributed by atoms with van der Waals surface area (Å²) in [6, 6.07) is 5.35. The highest BCUT2D eigenvalue weighted by Crippen LogP contribution is 2.36. The number of nitrogens with zero attached hydrogens (tertiary/aromatic N) is 1. The van der Waals surface area contributed by atoms with E-state index in [1.807, 2.05) is 13.0 Å². The van der Waals surface area contributed by atoms with Crippen LogP contribution >= 0.6 is 0 Å². The summed E-state index contributed by atoms with van der Waals surface area (Å²) in [5, 5.41) is 20.0. The number of hydrogen-bond donors (Lipinski definition) is 2. The number of amides is 1. The number of ether oxygens (including phenoxy) is 1. The molecule has 1 aromatic rings. The Morgan fingerprint density at radius 2 is 2.21 bits per heavy atom. The molecule has 2 atom stereocenters. The Hall–Kier alpha value is -2.08. The number of aliphatic hydroxyl groups is 1. The van der Waals surface area contributed by atoms with Gasteiger partial charge in [0.2, 0.25) is 0 Å². The maximum absolute atomic E-state index is 12.8. The molecule has 1 saturated heterocycles. The van der Waals surface area contributed by atoms with Crippen molar-refractivity contribution in [1.29, 1.82) is 0 Å². The fourth-order valence-corrected chi connectivity index (χ4v) is 3.76. The molecule has 1 fully saturated rings. The van der Waals surface area contributed by atoms with Crippen LogP contribution in [0.4, 0.5) is 0 Å². The molecule has 3 rings (SSSR count). The lowest BCUT2D eigenvalue weighted by Crippen LogP contribution is -2.57. The van der Waals surface area contributed by atoms with E-state index in [2.05, 4.69) is 0 Å². The molecule has 6 nitrogen and oxygen atoms in total. The minimum Gasteiger partial charge on any atom is -0.493 e. The summed E-state index contributed by atoms with van der Waals surface area (Å²) in [5.74, 6) is -0.401. The Labute approximate surface area is 141 Å². The van der Waals surface area contributed by atoms with Crippen LogP contribution < -0.4 is 4.74 Å². The van der Waals surface area contributed by atoms with E-state index >= 15 is 0 Å². The summed E-state index contributed by atoms with van der Waals surface area (Å²) in [6.07, 6.45) is 1.13. The zero-order valence-electron chi connectivity index (χ0n) is 13.8. The average molecular weight is 333 g/mol. The van der Waals surface area contributed by atoms with Gasteiger partial charge in [0.05, 0.1) is 12.7 Å². The summed E-state index contributed by atoms with van der Waals surface area (Å²) in [5.41, 5.74) is 0.282. The smallest absolute Gasteiger partial charge is 0.314 e. The summed E-state index contributed by atoms with van der Waals surface area (Å²) >= 11 is 0. The molecule has 24 heavy (non-hydrogen) atoms. The number of benzene rings is 1. The highest BCUT2D eigenvalue weighted by Gasteiger charge is 2.49. The molecule has 0 aliphatic carbocycles. The molecule has 0 saturated carbocycles. The highest BCUT2D eigenvalue weighted by molar-refractivity contribution is 5.95. The van der Waals surface area contributed by atoms with E-state index in [4.69, 9.17) is 4.74 Å². The van der Waals surface area contributed by atoms with Gasteiger partial charge in [0.25, 0.3) is 5.91 Å². The lowest BCUT2D eigenvalue weighted by atomic mass is 9.74. The van der Waals surface area contributed by atoms with Gasteiger partial charge in [-0.3, -0.25) is 9.59 Å². The van der Waals surface area contributed by atoms with Gasteiger partial charge in [0.15, 0.2) is 0 Å². The van der Waals surface area contributed by atoms with E-state index in [0.717, 1.165) is 17.7 Å². The highest BCUT2D eigenvalue weighted by atomic mass is 16.5. The number of carbonyl (C=O) groups excluding carboxylic acids is 1. The van der Waals surface area contributed by atoms with E-state index in [1.165, 1.54) is 0 Å². The summed E-state index contributed by atoms with van der Waals surface area (Å²) in [6.45, 7) is 2.93. The van der Waals surface area contributed by atoms with Gasteiger partial charge in [-0.15, -0.1) is 0 Å². The second kappa shape index (κ2) is 6.43. The molecule has 0 bridgehead atoms. The standard InChI is InChI=1S/C18H23NO5/c1-2-7-18(17(22)23)11-19(8-5-15(18)20)16(21)13-3-4-14-12(10-13)6-9-24-14/h3-4,10,15,20H,2,5-9,11H2,1H3,(H,22,23)/t15-,18+/m0/s1. The number of aliphatic hydroxyl groups excluding tert-OH is 1. The van der Waals surface area contributed by atoms with E-state index in [0.29, 0.717) is 31.6 Å². The van der Waals surface area contributed by atoms with E-state index in [9.17, 15) is 19.8 Å². The second-order valence-electron chi connectivity index (χ2n) is 6.66. The molecular weight excluding hydrogens is 310 g/mol. The zero-order chi connectivity index (χ0) is 17.3. The summed E-state index contributed by atoms with van der Waals surface area (Å²) in [7, 11) is 0. The van der Waals surface area contributed by atoms with E-state index < -0.39 is 17.5 Å². The largest absolute Gasteiger partial charge is 0.493 e. The van der Waals surface area contributed by atoms with Gasteiger partial charge >= 0.3 is 5.97 Å². The van der Waals surface area contributed by atoms with Crippen LogP contribution in [0.5, 0.6) is 5.75 Å². The molecule has 2 aliphatic rings. The van der Waals surface area contributed by atoms with Crippen molar-refractivity contribution in [2.45, 2.75) is 38.7 Å². The van der Waals surface area contributed by atoms with Gasteiger partial charge < -0.3 is 19.8 Å². The Kier molecular flexibility index (Phi) is 4.49. The monoisotopic (exact) mass is 333 g/mol. The minimum atomic E-state index is -1.28. The Balaban J connectivity index is 1.84. The van der Waals surface area contributed by atoms with Crippen LogP contribution in [0.1, 0.15) is 42.1 Å². The predicted octanol–water partition coefficient (Wildman–Crippen LogP) is 1.70. The van der Waals surface area contributed by atoms with Crippen molar-refractivity contribution in [1.82, 2.24) is 4.90 Å². The molecule has 0 radical (unpaired) electrons. The topological polar surface area (TPSA) is 87.1 Å². The molecular formula is C18H23NO5. The Bertz CT molecular complexity index is 659. The first kappa shape index (κ1) is 16.8. The van der Waals surface area contributed by atoms with Gasteiger partial charge in [0.1, 0.15) is 11.2 Å². The van der Waals surface area contributed by atoms with E-state index in [-0.39, 0.29) is 18.9 Å². The maximum Gasteiger partial charge on any atom is 0.314 e. The number of aliphatic carboxylic acids is 1. The Morgan fingerprint density at radius 3 is 2.92 bits per heavy atom. The number of carbonyl (C=O) groups is 2. The molecule has 0 aromatic heterocycles. The number of piperidine rings is 1. The maximum atomic E-state index is 12.8. The second-order valence-corrected chi connectivity index (χ2v) is 6.66. The minimum absolute atomic E-state index is 0.0454. The zero-order valence-corrected chi connectivity index (χ0v) is 13.8. The van der Waals surface area contributed by atoms with Crippen LogP contribution in [0.2, 0.25) is 0 Å². The number of carboxylic acid groups (broad SMARTS) is 1. The normalized spacial score (nSPS) is 25.9. The molecule has 2 N–H and O–H groups in total. The van der Waals surface area contributed by atoms with Gasteiger partial charge in [-0.1, -0.05) is 13.3 Å². The molecule has 6 heteroatoms. The van der Waals surface area contributed by atoms with Gasteiger partial charge in [-0.25, -0.2) is 0 Å². The number of carboxylic acids is 1. The molecule has 2 heterocycles. The molecule has 0 spiro atoms. The number of fused-ring (bicyclic) bond motifs is 1. The number of rotatable bonds is 4. The molecule has 0 unspecified atom stereocenters. The SMILES string of the molecule is CCC[C@@]1(C(=O)O)CN(C(=O)c2ccc3c(c2)CCO3)CC[C@@H]1O. The molecule has 2 aliphatic heterocycles. The third kappa shape index (κ3) is 2.75. The lowest BCUT2D eigenvalue weighted by Gasteiger charge is -2.43. The van der Waals surface area contributed by atoms with Crippen molar-refractivity contribution < 1.29 is 24.5 Å².